The van der Waals surface area contributed by atoms with Crippen LogP contribution in [-0.2, 0) is 23.1 Å². The van der Waals surface area contributed by atoms with E-state index in [0.717, 1.165) is 28.3 Å². The lowest BCUT2D eigenvalue weighted by molar-refractivity contribution is -0.122. The highest BCUT2D eigenvalue weighted by atomic mass is 16.2. The molecule has 0 unspecified atom stereocenters. The summed E-state index contributed by atoms with van der Waals surface area (Å²) < 4.78 is 0. The second-order valence-electron chi connectivity index (χ2n) is 7.33. The zero-order chi connectivity index (χ0) is 20.4. The molecule has 0 radical (unpaired) electrons. The van der Waals surface area contributed by atoms with Crippen molar-refractivity contribution in [2.45, 2.75) is 18.3 Å². The molecule has 0 saturated carbocycles. The van der Waals surface area contributed by atoms with Gasteiger partial charge in [0.2, 0.25) is 5.91 Å². The lowest BCUT2D eigenvalue weighted by atomic mass is 9.74. The number of amides is 1. The van der Waals surface area contributed by atoms with Gasteiger partial charge < -0.3 is 0 Å². The zero-order valence-corrected chi connectivity index (χ0v) is 16.2. The number of para-hydroxylation sites is 2. The van der Waals surface area contributed by atoms with Gasteiger partial charge in [0.1, 0.15) is 12.7 Å². The third-order valence-corrected chi connectivity index (χ3v) is 5.54. The van der Waals surface area contributed by atoms with Crippen LogP contribution in [0.15, 0.2) is 91.8 Å². The maximum Gasteiger partial charge on any atom is 0.243 e. The molecule has 3 heterocycles. The van der Waals surface area contributed by atoms with Crippen LogP contribution in [0.5, 0.6) is 0 Å². The van der Waals surface area contributed by atoms with Crippen molar-refractivity contribution in [3.63, 3.8) is 0 Å². The maximum absolute atomic E-state index is 14.1. The largest absolute Gasteiger partial charge is 0.280 e. The van der Waals surface area contributed by atoms with Crippen molar-refractivity contribution in [3.8, 4) is 0 Å². The van der Waals surface area contributed by atoms with Gasteiger partial charge in [0, 0.05) is 42.3 Å². The number of fused-ring (bicyclic) bond motifs is 1. The van der Waals surface area contributed by atoms with Gasteiger partial charge in [-0.05, 0) is 35.9 Å². The van der Waals surface area contributed by atoms with Crippen LogP contribution in [0.1, 0.15) is 17.0 Å². The molecule has 2 aromatic heterocycles. The topological polar surface area (TPSA) is 71.9 Å². The lowest BCUT2D eigenvalue weighted by Crippen LogP contribution is -2.42. The third-order valence-electron chi connectivity index (χ3n) is 5.54. The Morgan fingerprint density at radius 2 is 1.33 bits per heavy atom. The fourth-order valence-corrected chi connectivity index (χ4v) is 4.21. The first-order valence-corrected chi connectivity index (χ1v) is 9.77. The molecule has 146 valence electrons. The van der Waals surface area contributed by atoms with Crippen molar-refractivity contribution >= 4 is 17.3 Å². The molecule has 0 saturated heterocycles. The average Bonchev–Trinajstić information content (AvgIpc) is 3.04. The lowest BCUT2D eigenvalue weighted by Gasteiger charge is -2.28. The quantitative estimate of drug-likeness (QED) is 0.517. The minimum atomic E-state index is -0.824. The Balaban J connectivity index is 1.70. The smallest absolute Gasteiger partial charge is 0.243 e. The van der Waals surface area contributed by atoms with E-state index in [-0.39, 0.29) is 5.91 Å². The SMILES string of the molecule is O=C1N(c2ccccc2)c2ccccc2C1(Cc1ccncn1)Cc1ccncn1. The molecule has 1 amide bonds. The van der Waals surface area contributed by atoms with E-state index >= 15 is 0 Å². The molecule has 6 heteroatoms. The van der Waals surface area contributed by atoms with Gasteiger partial charge in [-0.2, -0.15) is 0 Å². The number of hydrogen-bond acceptors (Lipinski definition) is 5. The molecule has 5 rings (SSSR count). The molecular weight excluding hydrogens is 374 g/mol. The Kier molecular flexibility index (Phi) is 4.52. The van der Waals surface area contributed by atoms with Crippen LogP contribution >= 0.6 is 0 Å². The number of aromatic nitrogens is 4. The summed E-state index contributed by atoms with van der Waals surface area (Å²) in [6, 6.07) is 21.5. The number of nitrogens with zero attached hydrogens (tertiary/aromatic N) is 5. The molecule has 0 bridgehead atoms. The predicted molar refractivity (Wildman–Crippen MR) is 113 cm³/mol. The molecule has 0 fully saturated rings. The highest BCUT2D eigenvalue weighted by Crippen LogP contribution is 2.48. The summed E-state index contributed by atoms with van der Waals surface area (Å²) in [6.07, 6.45) is 7.38. The summed E-state index contributed by atoms with van der Waals surface area (Å²) >= 11 is 0. The molecular formula is C24H19N5O. The van der Waals surface area contributed by atoms with Crippen LogP contribution < -0.4 is 4.90 Å². The first kappa shape index (κ1) is 18.1. The van der Waals surface area contributed by atoms with Crippen molar-refractivity contribution < 1.29 is 4.79 Å². The van der Waals surface area contributed by atoms with Crippen LogP contribution in [0.4, 0.5) is 11.4 Å². The molecule has 0 spiro atoms. The number of hydrogen-bond donors (Lipinski definition) is 0. The summed E-state index contributed by atoms with van der Waals surface area (Å²) in [4.78, 5) is 32.8. The number of anilines is 2. The summed E-state index contributed by atoms with van der Waals surface area (Å²) in [6.45, 7) is 0. The van der Waals surface area contributed by atoms with E-state index < -0.39 is 5.41 Å². The van der Waals surface area contributed by atoms with Crippen molar-refractivity contribution in [1.82, 2.24) is 19.9 Å². The molecule has 0 aliphatic carbocycles. The first-order chi connectivity index (χ1) is 14.8. The second kappa shape index (κ2) is 7.48. The van der Waals surface area contributed by atoms with Gasteiger partial charge in [0.25, 0.3) is 0 Å². The van der Waals surface area contributed by atoms with E-state index in [1.165, 1.54) is 12.7 Å². The highest BCUT2D eigenvalue weighted by Gasteiger charge is 2.51. The molecule has 4 aromatic rings. The van der Waals surface area contributed by atoms with E-state index in [9.17, 15) is 4.79 Å². The number of carbonyl (C=O) groups is 1. The van der Waals surface area contributed by atoms with E-state index in [1.54, 1.807) is 12.4 Å². The molecule has 6 nitrogen and oxygen atoms in total. The standard InChI is InChI=1S/C24H19N5O/c30-23-24(14-18-10-12-25-16-27-18,15-19-11-13-26-17-28-19)21-8-4-5-9-22(21)29(23)20-6-2-1-3-7-20/h1-13,16-17H,14-15H2. The highest BCUT2D eigenvalue weighted by molar-refractivity contribution is 6.13. The average molecular weight is 393 g/mol. The molecule has 2 aromatic carbocycles. The normalized spacial score (nSPS) is 14.5. The van der Waals surface area contributed by atoms with Crippen molar-refractivity contribution in [2.24, 2.45) is 0 Å². The van der Waals surface area contributed by atoms with Crippen LogP contribution in [0.2, 0.25) is 0 Å². The van der Waals surface area contributed by atoms with E-state index in [4.69, 9.17) is 0 Å². The van der Waals surface area contributed by atoms with Crippen LogP contribution in [-0.4, -0.2) is 25.8 Å². The van der Waals surface area contributed by atoms with Gasteiger partial charge in [-0.15, -0.1) is 0 Å². The Hall–Kier alpha value is -3.93. The maximum atomic E-state index is 14.1. The number of rotatable bonds is 5. The Labute approximate surface area is 174 Å². The van der Waals surface area contributed by atoms with Crippen LogP contribution in [0.25, 0.3) is 0 Å². The monoisotopic (exact) mass is 393 g/mol. The fraction of sp³-hybridized carbons (Fsp3) is 0.125. The van der Waals surface area contributed by atoms with Crippen LogP contribution in [0, 0.1) is 0 Å². The van der Waals surface area contributed by atoms with Gasteiger partial charge in [0.05, 0.1) is 11.1 Å². The summed E-state index contributed by atoms with van der Waals surface area (Å²) in [5, 5.41) is 0. The van der Waals surface area contributed by atoms with Crippen molar-refractivity contribution in [2.75, 3.05) is 4.90 Å². The van der Waals surface area contributed by atoms with E-state index in [1.807, 2.05) is 71.6 Å². The first-order valence-electron chi connectivity index (χ1n) is 9.77. The number of carbonyl (C=O) groups excluding carboxylic acids is 1. The van der Waals surface area contributed by atoms with Gasteiger partial charge in [-0.1, -0.05) is 36.4 Å². The van der Waals surface area contributed by atoms with E-state index in [0.29, 0.717) is 12.8 Å². The van der Waals surface area contributed by atoms with Crippen molar-refractivity contribution in [3.05, 3.63) is 109 Å². The Bertz CT molecular complexity index is 1120. The zero-order valence-electron chi connectivity index (χ0n) is 16.2. The minimum Gasteiger partial charge on any atom is -0.280 e. The molecule has 1 aliphatic rings. The van der Waals surface area contributed by atoms with Gasteiger partial charge in [0.15, 0.2) is 0 Å². The van der Waals surface area contributed by atoms with Crippen molar-refractivity contribution in [1.29, 1.82) is 0 Å². The van der Waals surface area contributed by atoms with Gasteiger partial charge in [-0.3, -0.25) is 9.69 Å². The number of benzene rings is 2. The third kappa shape index (κ3) is 3.03. The van der Waals surface area contributed by atoms with Gasteiger partial charge in [-0.25, -0.2) is 19.9 Å². The fourth-order valence-electron chi connectivity index (χ4n) is 4.21. The van der Waals surface area contributed by atoms with Gasteiger partial charge >= 0.3 is 0 Å². The molecule has 30 heavy (non-hydrogen) atoms. The molecule has 0 atom stereocenters. The Morgan fingerprint density at radius 1 is 0.733 bits per heavy atom. The molecule has 1 aliphatic heterocycles. The van der Waals surface area contributed by atoms with Crippen LogP contribution in [0.3, 0.4) is 0 Å². The van der Waals surface area contributed by atoms with E-state index in [2.05, 4.69) is 19.9 Å². The minimum absolute atomic E-state index is 0.0205. The second-order valence-corrected chi connectivity index (χ2v) is 7.33. The Morgan fingerprint density at radius 3 is 1.93 bits per heavy atom. The molecule has 0 N–H and O–H groups in total. The summed E-state index contributed by atoms with van der Waals surface area (Å²) in [5.41, 5.74) is 3.54. The summed E-state index contributed by atoms with van der Waals surface area (Å²) in [5.74, 6) is 0.0205. The predicted octanol–water partition coefficient (Wildman–Crippen LogP) is 3.67. The summed E-state index contributed by atoms with van der Waals surface area (Å²) in [7, 11) is 0.